The Morgan fingerprint density at radius 2 is 2.00 bits per heavy atom. The first-order valence-electron chi connectivity index (χ1n) is 7.99. The average Bonchev–Trinajstić information content (AvgIpc) is 2.98. The molecule has 0 saturated carbocycles. The van der Waals surface area contributed by atoms with E-state index in [9.17, 15) is 4.79 Å². The zero-order valence-corrected chi connectivity index (χ0v) is 15.6. The molecule has 3 rings (SSSR count). The van der Waals surface area contributed by atoms with Crippen molar-refractivity contribution in [2.24, 2.45) is 0 Å². The minimum absolute atomic E-state index is 0.149. The van der Waals surface area contributed by atoms with Crippen LogP contribution in [0.3, 0.4) is 0 Å². The molecule has 26 heavy (non-hydrogen) atoms. The second-order valence-corrected chi connectivity index (χ2v) is 6.53. The molecule has 134 valence electrons. The van der Waals surface area contributed by atoms with Crippen molar-refractivity contribution in [3.8, 4) is 11.6 Å². The molecule has 0 aliphatic rings. The molecular weight excluding hydrogens is 350 g/mol. The number of amides is 1. The fourth-order valence-corrected chi connectivity index (χ4v) is 3.22. The normalized spacial score (nSPS) is 10.6. The Hall–Kier alpha value is -2.87. The fourth-order valence-electron chi connectivity index (χ4n) is 2.48. The minimum Gasteiger partial charge on any atom is -0.495 e. The topological polar surface area (TPSA) is 81.9 Å². The van der Waals surface area contributed by atoms with Crippen molar-refractivity contribution in [2.75, 3.05) is 18.2 Å². The van der Waals surface area contributed by atoms with E-state index in [0.29, 0.717) is 22.3 Å². The SMILES string of the molecule is COc1ccccc1NC(=O)CSc1nccnc1-n1nc(C)cc1C. The molecule has 0 atom stereocenters. The maximum absolute atomic E-state index is 12.3. The lowest BCUT2D eigenvalue weighted by molar-refractivity contribution is -0.113. The van der Waals surface area contributed by atoms with Crippen LogP contribution in [-0.2, 0) is 4.79 Å². The largest absolute Gasteiger partial charge is 0.495 e. The van der Waals surface area contributed by atoms with Crippen LogP contribution < -0.4 is 10.1 Å². The smallest absolute Gasteiger partial charge is 0.234 e. The number of hydrogen-bond acceptors (Lipinski definition) is 6. The average molecular weight is 369 g/mol. The zero-order chi connectivity index (χ0) is 18.5. The van der Waals surface area contributed by atoms with Crippen LogP contribution in [0.25, 0.3) is 5.82 Å². The van der Waals surface area contributed by atoms with Crippen LogP contribution in [0.4, 0.5) is 5.69 Å². The van der Waals surface area contributed by atoms with Crippen molar-refractivity contribution in [1.82, 2.24) is 19.7 Å². The van der Waals surface area contributed by atoms with E-state index in [2.05, 4.69) is 20.4 Å². The van der Waals surface area contributed by atoms with Gasteiger partial charge in [-0.1, -0.05) is 23.9 Å². The molecule has 0 radical (unpaired) electrons. The standard InChI is InChI=1S/C18H19N5O2S/c1-12-10-13(2)23(22-12)17-18(20-9-8-19-17)26-11-16(24)21-14-6-4-5-7-15(14)25-3/h4-10H,11H2,1-3H3,(H,21,24). The number of carbonyl (C=O) groups is 1. The number of aromatic nitrogens is 4. The number of thioether (sulfide) groups is 1. The summed E-state index contributed by atoms with van der Waals surface area (Å²) in [5.74, 6) is 1.29. The van der Waals surface area contributed by atoms with Gasteiger partial charge >= 0.3 is 0 Å². The predicted molar refractivity (Wildman–Crippen MR) is 101 cm³/mol. The van der Waals surface area contributed by atoms with Gasteiger partial charge in [0, 0.05) is 18.1 Å². The molecule has 8 heteroatoms. The van der Waals surface area contributed by atoms with Gasteiger partial charge in [0.25, 0.3) is 0 Å². The summed E-state index contributed by atoms with van der Waals surface area (Å²) < 4.78 is 6.98. The van der Waals surface area contributed by atoms with Crippen molar-refractivity contribution >= 4 is 23.4 Å². The molecule has 0 bridgehead atoms. The highest BCUT2D eigenvalue weighted by Crippen LogP contribution is 2.25. The van der Waals surface area contributed by atoms with Gasteiger partial charge < -0.3 is 10.1 Å². The fraction of sp³-hybridized carbons (Fsp3) is 0.222. The van der Waals surface area contributed by atoms with Crippen LogP contribution in [0, 0.1) is 13.8 Å². The van der Waals surface area contributed by atoms with Crippen LogP contribution in [0.5, 0.6) is 5.75 Å². The van der Waals surface area contributed by atoms with Gasteiger partial charge in [0.1, 0.15) is 10.8 Å². The lowest BCUT2D eigenvalue weighted by Crippen LogP contribution is -2.15. The van der Waals surface area contributed by atoms with E-state index >= 15 is 0 Å². The number of nitrogens with one attached hydrogen (secondary N) is 1. The number of anilines is 1. The summed E-state index contributed by atoms with van der Waals surface area (Å²) in [6.07, 6.45) is 3.22. The van der Waals surface area contributed by atoms with Gasteiger partial charge in [0.2, 0.25) is 5.91 Å². The van der Waals surface area contributed by atoms with Crippen LogP contribution >= 0.6 is 11.8 Å². The Kier molecular flexibility index (Phi) is 5.52. The van der Waals surface area contributed by atoms with Gasteiger partial charge in [-0.15, -0.1) is 0 Å². The Labute approximate surface area is 155 Å². The van der Waals surface area contributed by atoms with E-state index in [1.165, 1.54) is 11.8 Å². The van der Waals surface area contributed by atoms with E-state index in [0.717, 1.165) is 11.4 Å². The third kappa shape index (κ3) is 4.02. The second kappa shape index (κ2) is 8.01. The van der Waals surface area contributed by atoms with E-state index in [4.69, 9.17) is 4.74 Å². The number of para-hydroxylation sites is 2. The lowest BCUT2D eigenvalue weighted by Gasteiger charge is -2.10. The molecule has 2 aromatic heterocycles. The van der Waals surface area contributed by atoms with Gasteiger partial charge in [-0.2, -0.15) is 5.10 Å². The molecule has 1 amide bonds. The number of carbonyl (C=O) groups excluding carboxylic acids is 1. The van der Waals surface area contributed by atoms with Gasteiger partial charge in [0.15, 0.2) is 5.82 Å². The zero-order valence-electron chi connectivity index (χ0n) is 14.8. The molecule has 0 aliphatic heterocycles. The molecule has 0 fully saturated rings. The van der Waals surface area contributed by atoms with Gasteiger partial charge in [0.05, 0.1) is 24.2 Å². The van der Waals surface area contributed by atoms with E-state index in [1.807, 2.05) is 32.0 Å². The van der Waals surface area contributed by atoms with E-state index in [-0.39, 0.29) is 11.7 Å². The summed E-state index contributed by atoms with van der Waals surface area (Å²) in [7, 11) is 1.57. The Morgan fingerprint density at radius 1 is 1.23 bits per heavy atom. The van der Waals surface area contributed by atoms with Gasteiger partial charge in [-0.05, 0) is 32.0 Å². The number of methoxy groups -OCH3 is 1. The van der Waals surface area contributed by atoms with Crippen LogP contribution in [0.2, 0.25) is 0 Å². The molecule has 0 unspecified atom stereocenters. The highest BCUT2D eigenvalue weighted by molar-refractivity contribution is 8.00. The number of nitrogens with zero attached hydrogens (tertiary/aromatic N) is 4. The van der Waals surface area contributed by atoms with E-state index < -0.39 is 0 Å². The Morgan fingerprint density at radius 3 is 2.73 bits per heavy atom. The molecule has 0 spiro atoms. The van der Waals surface area contributed by atoms with Crippen molar-refractivity contribution in [3.05, 3.63) is 54.1 Å². The molecule has 0 saturated heterocycles. The van der Waals surface area contributed by atoms with Crippen molar-refractivity contribution in [1.29, 1.82) is 0 Å². The highest BCUT2D eigenvalue weighted by atomic mass is 32.2. The monoisotopic (exact) mass is 369 g/mol. The van der Waals surface area contributed by atoms with Crippen LogP contribution in [-0.4, -0.2) is 38.5 Å². The number of hydrogen-bond donors (Lipinski definition) is 1. The number of ether oxygens (including phenoxy) is 1. The molecule has 0 aliphatic carbocycles. The van der Waals surface area contributed by atoms with Crippen molar-refractivity contribution in [3.63, 3.8) is 0 Å². The first-order valence-corrected chi connectivity index (χ1v) is 8.97. The van der Waals surface area contributed by atoms with Crippen molar-refractivity contribution < 1.29 is 9.53 Å². The third-order valence-corrected chi connectivity index (χ3v) is 4.55. The number of rotatable bonds is 6. The summed E-state index contributed by atoms with van der Waals surface area (Å²) in [5.41, 5.74) is 2.50. The Bertz CT molecular complexity index is 925. The summed E-state index contributed by atoms with van der Waals surface area (Å²) >= 11 is 1.31. The molecule has 3 aromatic rings. The summed E-state index contributed by atoms with van der Waals surface area (Å²) in [6, 6.07) is 9.26. The maximum atomic E-state index is 12.3. The lowest BCUT2D eigenvalue weighted by atomic mass is 10.3. The second-order valence-electron chi connectivity index (χ2n) is 5.56. The first kappa shape index (κ1) is 17.9. The summed E-state index contributed by atoms with van der Waals surface area (Å²) in [5, 5.41) is 7.94. The quantitative estimate of drug-likeness (QED) is 0.673. The van der Waals surface area contributed by atoms with Crippen LogP contribution in [0.1, 0.15) is 11.4 Å². The van der Waals surface area contributed by atoms with Crippen molar-refractivity contribution in [2.45, 2.75) is 18.9 Å². The molecular formula is C18H19N5O2S. The van der Waals surface area contributed by atoms with E-state index in [1.54, 1.807) is 36.3 Å². The van der Waals surface area contributed by atoms with Gasteiger partial charge in [-0.3, -0.25) is 4.79 Å². The summed E-state index contributed by atoms with van der Waals surface area (Å²) in [6.45, 7) is 3.88. The highest BCUT2D eigenvalue weighted by Gasteiger charge is 2.14. The maximum Gasteiger partial charge on any atom is 0.234 e. The third-order valence-electron chi connectivity index (χ3n) is 3.58. The first-order chi connectivity index (χ1) is 12.6. The number of benzene rings is 1. The number of aryl methyl sites for hydroxylation is 2. The summed E-state index contributed by atoms with van der Waals surface area (Å²) in [4.78, 5) is 21.0. The molecule has 7 nitrogen and oxygen atoms in total. The molecule has 2 heterocycles. The van der Waals surface area contributed by atoms with Crippen LogP contribution in [0.15, 0.2) is 47.8 Å². The minimum atomic E-state index is -0.149. The van der Waals surface area contributed by atoms with Gasteiger partial charge in [-0.25, -0.2) is 14.6 Å². The predicted octanol–water partition coefficient (Wildman–Crippen LogP) is 3.02. The Balaban J connectivity index is 1.72. The molecule has 1 N–H and O–H groups in total. The molecule has 1 aromatic carbocycles.